The number of hydrogen-bond donors (Lipinski definition) is 1. The second kappa shape index (κ2) is 8.31. The lowest BCUT2D eigenvalue weighted by Gasteiger charge is -2.50. The van der Waals surface area contributed by atoms with Crippen LogP contribution in [-0.4, -0.2) is 70.0 Å². The van der Waals surface area contributed by atoms with Crippen LogP contribution >= 0.6 is 0 Å². The maximum Gasteiger partial charge on any atom is 0.419 e. The van der Waals surface area contributed by atoms with E-state index in [1.807, 2.05) is 0 Å². The van der Waals surface area contributed by atoms with E-state index in [1.54, 1.807) is 13.8 Å². The summed E-state index contributed by atoms with van der Waals surface area (Å²) in [5, 5.41) is 17.6. The number of benzene rings is 1. The number of hydrogen-bond acceptors (Lipinski definition) is 7. The number of nitrogens with zero attached hydrogens (tertiary/aromatic N) is 3. The first-order valence-corrected chi connectivity index (χ1v) is 9.93. The molecule has 1 aromatic carbocycles. The molecular formula is C20H21F4N3O6. The first kappa shape index (κ1) is 23.5. The molecule has 0 saturated carbocycles. The molecule has 2 aliphatic heterocycles. The van der Waals surface area contributed by atoms with E-state index in [0.29, 0.717) is 12.1 Å². The Morgan fingerprint density at radius 1 is 1.33 bits per heavy atom. The summed E-state index contributed by atoms with van der Waals surface area (Å²) in [6, 6.07) is 1.58. The molecule has 2 aliphatic rings. The van der Waals surface area contributed by atoms with Gasteiger partial charge in [-0.15, -0.1) is 5.10 Å². The third-order valence-corrected chi connectivity index (χ3v) is 5.58. The number of ether oxygens (including phenoxy) is 4. The van der Waals surface area contributed by atoms with Crippen molar-refractivity contribution in [1.82, 2.24) is 15.0 Å². The van der Waals surface area contributed by atoms with E-state index >= 15 is 0 Å². The maximum atomic E-state index is 14.0. The maximum absolute atomic E-state index is 14.0. The van der Waals surface area contributed by atoms with E-state index in [9.17, 15) is 27.5 Å². The molecule has 0 aliphatic carbocycles. The smallest absolute Gasteiger partial charge is 0.419 e. The number of methoxy groups -OCH3 is 1. The van der Waals surface area contributed by atoms with E-state index in [0.717, 1.165) is 6.07 Å². The summed E-state index contributed by atoms with van der Waals surface area (Å²) in [5.41, 5.74) is -1.25. The van der Waals surface area contributed by atoms with Gasteiger partial charge < -0.3 is 24.1 Å². The number of halogens is 4. The Hall–Kier alpha value is -2.61. The van der Waals surface area contributed by atoms with Crippen LogP contribution in [0.3, 0.4) is 0 Å². The van der Waals surface area contributed by atoms with E-state index in [4.69, 9.17) is 18.9 Å². The van der Waals surface area contributed by atoms with Gasteiger partial charge in [0.05, 0.1) is 18.4 Å². The van der Waals surface area contributed by atoms with Crippen molar-refractivity contribution in [2.75, 3.05) is 13.7 Å². The molecule has 13 heteroatoms. The Balaban J connectivity index is 1.71. The minimum absolute atomic E-state index is 0.0556. The second-order valence-corrected chi connectivity index (χ2v) is 8.19. The molecule has 2 saturated heterocycles. The molecule has 33 heavy (non-hydrogen) atoms. The van der Waals surface area contributed by atoms with Crippen LogP contribution in [-0.2, 0) is 29.9 Å². The number of carboxylic acid groups (broad SMARTS) is 1. The number of alkyl halides is 3. The number of rotatable bonds is 4. The van der Waals surface area contributed by atoms with Crippen LogP contribution in [0.2, 0.25) is 0 Å². The molecule has 3 heterocycles. The predicted octanol–water partition coefficient (Wildman–Crippen LogP) is 2.66. The highest BCUT2D eigenvalue weighted by atomic mass is 19.4. The first-order valence-electron chi connectivity index (χ1n) is 9.93. The fourth-order valence-corrected chi connectivity index (χ4v) is 4.08. The SMILES string of the molecule is CO[C@@H]1[C@@H](n2cc(-c3ccc(C(F)(F)F)c(F)c3)nn2)[C@H]2OC(C)(C)OC[C@H]2O[C@H]1C(=O)O. The molecule has 0 amide bonds. The monoisotopic (exact) mass is 475 g/mol. The predicted molar refractivity (Wildman–Crippen MR) is 101 cm³/mol. The number of aromatic nitrogens is 3. The van der Waals surface area contributed by atoms with Crippen molar-refractivity contribution in [3.05, 3.63) is 35.8 Å². The topological polar surface area (TPSA) is 105 Å². The molecule has 180 valence electrons. The van der Waals surface area contributed by atoms with Crippen molar-refractivity contribution in [2.45, 2.75) is 56.3 Å². The highest BCUT2D eigenvalue weighted by Gasteiger charge is 2.54. The van der Waals surface area contributed by atoms with E-state index in [-0.39, 0.29) is 17.9 Å². The molecule has 5 atom stereocenters. The lowest BCUT2D eigenvalue weighted by Crippen LogP contribution is -2.64. The van der Waals surface area contributed by atoms with Crippen LogP contribution in [0.1, 0.15) is 25.5 Å². The zero-order chi connectivity index (χ0) is 24.1. The van der Waals surface area contributed by atoms with Gasteiger partial charge in [0.1, 0.15) is 35.9 Å². The van der Waals surface area contributed by atoms with Gasteiger partial charge in [-0.1, -0.05) is 11.3 Å². The normalized spacial score (nSPS) is 29.5. The zero-order valence-corrected chi connectivity index (χ0v) is 17.7. The molecule has 0 radical (unpaired) electrons. The largest absolute Gasteiger partial charge is 0.479 e. The van der Waals surface area contributed by atoms with Crippen molar-refractivity contribution < 1.29 is 46.4 Å². The number of carbonyl (C=O) groups is 1. The van der Waals surface area contributed by atoms with Crippen molar-refractivity contribution in [1.29, 1.82) is 0 Å². The van der Waals surface area contributed by atoms with Crippen LogP contribution in [0.5, 0.6) is 0 Å². The molecule has 0 bridgehead atoms. The Kier molecular flexibility index (Phi) is 5.93. The van der Waals surface area contributed by atoms with E-state index < -0.39 is 59.8 Å². The molecule has 9 nitrogen and oxygen atoms in total. The number of fused-ring (bicyclic) bond motifs is 1. The van der Waals surface area contributed by atoms with Crippen molar-refractivity contribution in [2.24, 2.45) is 0 Å². The van der Waals surface area contributed by atoms with Crippen molar-refractivity contribution in [3.63, 3.8) is 0 Å². The fraction of sp³-hybridized carbons (Fsp3) is 0.550. The number of aliphatic carboxylic acids is 1. The van der Waals surface area contributed by atoms with Gasteiger partial charge in [-0.3, -0.25) is 0 Å². The Bertz CT molecular complexity index is 1040. The van der Waals surface area contributed by atoms with Gasteiger partial charge in [-0.25, -0.2) is 13.9 Å². The lowest BCUT2D eigenvalue weighted by molar-refractivity contribution is -0.347. The molecular weight excluding hydrogens is 454 g/mol. The van der Waals surface area contributed by atoms with Gasteiger partial charge in [0.2, 0.25) is 0 Å². The van der Waals surface area contributed by atoms with Crippen LogP contribution in [0, 0.1) is 5.82 Å². The van der Waals surface area contributed by atoms with Gasteiger partial charge in [0.25, 0.3) is 0 Å². The first-order chi connectivity index (χ1) is 15.4. The minimum atomic E-state index is -4.83. The lowest BCUT2D eigenvalue weighted by atomic mass is 9.91. The van der Waals surface area contributed by atoms with E-state index in [1.165, 1.54) is 18.0 Å². The Morgan fingerprint density at radius 2 is 2.06 bits per heavy atom. The average Bonchev–Trinajstić information content (AvgIpc) is 3.20. The zero-order valence-electron chi connectivity index (χ0n) is 17.7. The van der Waals surface area contributed by atoms with Gasteiger partial charge in [0, 0.05) is 12.7 Å². The molecule has 2 fully saturated rings. The van der Waals surface area contributed by atoms with Gasteiger partial charge in [-0.2, -0.15) is 13.2 Å². The Labute approximate surface area is 185 Å². The average molecular weight is 475 g/mol. The molecule has 1 N–H and O–H groups in total. The molecule has 4 rings (SSSR count). The van der Waals surface area contributed by atoms with Gasteiger partial charge >= 0.3 is 12.1 Å². The van der Waals surface area contributed by atoms with Crippen LogP contribution < -0.4 is 0 Å². The van der Waals surface area contributed by atoms with E-state index in [2.05, 4.69) is 10.3 Å². The summed E-state index contributed by atoms with van der Waals surface area (Å²) < 4.78 is 76.6. The van der Waals surface area contributed by atoms with Gasteiger partial charge in [-0.05, 0) is 26.0 Å². The minimum Gasteiger partial charge on any atom is -0.479 e. The fourth-order valence-electron chi connectivity index (χ4n) is 4.08. The molecule has 0 spiro atoms. The highest BCUT2D eigenvalue weighted by Crippen LogP contribution is 2.40. The summed E-state index contributed by atoms with van der Waals surface area (Å²) in [4.78, 5) is 11.8. The second-order valence-electron chi connectivity index (χ2n) is 8.19. The molecule has 1 aromatic heterocycles. The third kappa shape index (κ3) is 4.45. The van der Waals surface area contributed by atoms with Gasteiger partial charge in [0.15, 0.2) is 11.9 Å². The summed E-state index contributed by atoms with van der Waals surface area (Å²) in [6.45, 7) is 3.42. The summed E-state index contributed by atoms with van der Waals surface area (Å²) in [6.07, 6.45) is -7.38. The van der Waals surface area contributed by atoms with Crippen LogP contribution in [0.25, 0.3) is 11.3 Å². The summed E-state index contributed by atoms with van der Waals surface area (Å²) >= 11 is 0. The highest BCUT2D eigenvalue weighted by molar-refractivity contribution is 5.73. The Morgan fingerprint density at radius 3 is 2.67 bits per heavy atom. The van der Waals surface area contributed by atoms with Crippen molar-refractivity contribution in [3.8, 4) is 11.3 Å². The summed E-state index contributed by atoms with van der Waals surface area (Å²) in [5.74, 6) is -3.71. The quantitative estimate of drug-likeness (QED) is 0.674. The number of carboxylic acids is 1. The molecule has 0 unspecified atom stereocenters. The summed E-state index contributed by atoms with van der Waals surface area (Å²) in [7, 11) is 1.31. The third-order valence-electron chi connectivity index (χ3n) is 5.58. The van der Waals surface area contributed by atoms with Crippen molar-refractivity contribution >= 4 is 5.97 Å². The van der Waals surface area contributed by atoms with Crippen LogP contribution in [0.4, 0.5) is 17.6 Å². The standard InChI is InChI=1S/C20H21F4N3O6/c1-19(2)31-8-13-15(33-19)14(16(30-3)17(32-13)18(28)29)27-7-12(25-26-27)9-4-5-10(11(21)6-9)20(22,23)24/h4-7,13-17H,8H2,1-3H3,(H,28,29)/t13-,14+,15+,16-,17-/m1/s1. The van der Waals surface area contributed by atoms with Crippen LogP contribution in [0.15, 0.2) is 24.4 Å². The molecule has 2 aromatic rings.